The third kappa shape index (κ3) is 6.42. The smallest absolute Gasteiger partial charge is 0.407 e. The molecular weight excluding hydrogens is 668 g/mol. The lowest BCUT2D eigenvalue weighted by Gasteiger charge is -2.49. The number of hydrogen-bond acceptors (Lipinski definition) is 6. The zero-order chi connectivity index (χ0) is 36.5. The lowest BCUT2D eigenvalue weighted by molar-refractivity contribution is -0.644. The lowest BCUT2D eigenvalue weighted by Crippen LogP contribution is -2.70. The molecule has 266 valence electrons. The van der Waals surface area contributed by atoms with E-state index < -0.39 is 30.1 Å². The molecule has 0 saturated carbocycles. The summed E-state index contributed by atoms with van der Waals surface area (Å²) < 4.78 is 13.4. The fourth-order valence-electron chi connectivity index (χ4n) is 7.72. The van der Waals surface area contributed by atoms with Crippen molar-refractivity contribution in [3.63, 3.8) is 0 Å². The molecule has 0 atom stereocenters. The normalized spacial score (nSPS) is 16.0. The van der Waals surface area contributed by atoms with Crippen LogP contribution in [0.4, 0.5) is 10.5 Å². The highest BCUT2D eigenvalue weighted by Crippen LogP contribution is 2.44. The fourth-order valence-corrected chi connectivity index (χ4v) is 7.72. The van der Waals surface area contributed by atoms with Gasteiger partial charge in [-0.15, -0.1) is 0 Å². The van der Waals surface area contributed by atoms with Crippen molar-refractivity contribution in [3.8, 4) is 11.1 Å². The Hall–Kier alpha value is -6.26. The quantitative estimate of drug-likeness (QED) is 0.178. The Morgan fingerprint density at radius 1 is 0.925 bits per heavy atom. The van der Waals surface area contributed by atoms with E-state index in [4.69, 9.17) is 9.47 Å². The average Bonchev–Trinajstić information content (AvgIpc) is 3.48. The second-order valence-electron chi connectivity index (χ2n) is 13.7. The summed E-state index contributed by atoms with van der Waals surface area (Å²) in [6.07, 6.45) is 7.36. The van der Waals surface area contributed by atoms with Crippen LogP contribution in [0.25, 0.3) is 33.7 Å². The predicted molar refractivity (Wildman–Crippen MR) is 202 cm³/mol. The monoisotopic (exact) mass is 707 g/mol. The zero-order valence-electron chi connectivity index (χ0n) is 29.3. The number of amides is 2. The SMILES string of the molecule is C[n+]1ccc(/C=C2/C=CN(CC(=O)N(CC(=O)O)C3(CNC(=O)OCC4c5ccccc5-c5ccccc54)COC3)c3ccccc32)c2ccccc21. The van der Waals surface area contributed by atoms with E-state index in [9.17, 15) is 19.5 Å². The average molecular weight is 708 g/mol. The number of pyridine rings is 1. The Labute approximate surface area is 307 Å². The molecule has 2 N–H and O–H groups in total. The number of hydrogen-bond donors (Lipinski definition) is 2. The molecule has 0 spiro atoms. The molecule has 0 bridgehead atoms. The second-order valence-corrected chi connectivity index (χ2v) is 13.7. The van der Waals surface area contributed by atoms with Gasteiger partial charge >= 0.3 is 12.1 Å². The Kier molecular flexibility index (Phi) is 8.97. The number of aromatic nitrogens is 1. The van der Waals surface area contributed by atoms with Crippen LogP contribution >= 0.6 is 0 Å². The number of carboxylic acids is 1. The second kappa shape index (κ2) is 14.0. The van der Waals surface area contributed by atoms with Crippen molar-refractivity contribution in [1.82, 2.24) is 10.2 Å². The number of nitrogens with one attached hydrogen (secondary N) is 1. The van der Waals surface area contributed by atoms with E-state index in [1.807, 2.05) is 91.1 Å². The highest BCUT2D eigenvalue weighted by molar-refractivity contribution is 6.00. The van der Waals surface area contributed by atoms with Crippen LogP contribution in [0.2, 0.25) is 0 Å². The number of nitrogens with zero attached hydrogens (tertiary/aromatic N) is 3. The van der Waals surface area contributed by atoms with Gasteiger partial charge in [0.15, 0.2) is 6.20 Å². The summed E-state index contributed by atoms with van der Waals surface area (Å²) in [6.45, 7) is -0.375. The van der Waals surface area contributed by atoms with Crippen molar-refractivity contribution in [2.24, 2.45) is 7.05 Å². The first-order valence-corrected chi connectivity index (χ1v) is 17.6. The Morgan fingerprint density at radius 2 is 1.58 bits per heavy atom. The maximum atomic E-state index is 14.1. The number of aliphatic carboxylic acids is 1. The van der Waals surface area contributed by atoms with Crippen LogP contribution in [0, 0.1) is 0 Å². The number of fused-ring (bicyclic) bond motifs is 5. The summed E-state index contributed by atoms with van der Waals surface area (Å²) in [5, 5.41) is 13.8. The fraction of sp³-hybridized carbons (Fsp3) is 0.209. The van der Waals surface area contributed by atoms with Gasteiger partial charge in [0, 0.05) is 42.0 Å². The van der Waals surface area contributed by atoms with Crippen LogP contribution in [0.15, 0.2) is 122 Å². The Morgan fingerprint density at radius 3 is 2.28 bits per heavy atom. The van der Waals surface area contributed by atoms with Gasteiger partial charge < -0.3 is 29.7 Å². The first-order valence-electron chi connectivity index (χ1n) is 17.6. The zero-order valence-corrected chi connectivity index (χ0v) is 29.3. The van der Waals surface area contributed by atoms with Crippen molar-refractivity contribution in [3.05, 3.63) is 144 Å². The summed E-state index contributed by atoms with van der Waals surface area (Å²) in [6, 6.07) is 34.4. The summed E-state index contributed by atoms with van der Waals surface area (Å²) in [5.41, 5.74) is 8.35. The number of aryl methyl sites for hydroxylation is 1. The van der Waals surface area contributed by atoms with Gasteiger partial charge in [0.2, 0.25) is 11.4 Å². The van der Waals surface area contributed by atoms with Crippen LogP contribution in [0.3, 0.4) is 0 Å². The molecule has 4 aromatic carbocycles. The molecule has 1 aliphatic carbocycles. The number of para-hydroxylation sites is 2. The van der Waals surface area contributed by atoms with Crippen molar-refractivity contribution in [2.45, 2.75) is 11.5 Å². The number of allylic oxidation sites excluding steroid dienone is 2. The highest BCUT2D eigenvalue weighted by atomic mass is 16.5. The first kappa shape index (κ1) is 33.9. The van der Waals surface area contributed by atoms with E-state index in [1.165, 1.54) is 4.90 Å². The van der Waals surface area contributed by atoms with E-state index in [1.54, 1.807) is 0 Å². The Bertz CT molecular complexity index is 2270. The van der Waals surface area contributed by atoms with Crippen molar-refractivity contribution in [2.75, 3.05) is 44.4 Å². The number of rotatable bonds is 10. The molecule has 1 fully saturated rings. The molecule has 0 radical (unpaired) electrons. The van der Waals surface area contributed by atoms with Crippen molar-refractivity contribution < 1.29 is 33.5 Å². The highest BCUT2D eigenvalue weighted by Gasteiger charge is 2.48. The standard InChI is InChI=1S/C43H38N4O6/c1-45-20-18-29(31-10-6-8-16-38(31)45)22-30-19-21-46(39-17-9-7-11-32(30)39)23-40(48)47(24-41(49)50)43(27-52-28-43)26-44-42(51)53-25-37-35-14-4-2-12-33(35)34-13-3-5-15-36(34)37/h2-22,37H,23-28H2,1H3,(H-,44,49,50,51)/p+1. The summed E-state index contributed by atoms with van der Waals surface area (Å²) in [4.78, 5) is 42.5. The van der Waals surface area contributed by atoms with Gasteiger partial charge in [-0.2, -0.15) is 0 Å². The molecule has 10 nitrogen and oxygen atoms in total. The molecule has 2 amide bonds. The number of ether oxygens (including phenoxy) is 2. The summed E-state index contributed by atoms with van der Waals surface area (Å²) in [5.74, 6) is -1.67. The minimum Gasteiger partial charge on any atom is -0.480 e. The molecule has 1 saturated heterocycles. The maximum Gasteiger partial charge on any atom is 0.407 e. The molecule has 3 aliphatic rings. The van der Waals surface area contributed by atoms with Gasteiger partial charge in [0.05, 0.1) is 18.6 Å². The van der Waals surface area contributed by atoms with Gasteiger partial charge in [-0.05, 0) is 57.7 Å². The van der Waals surface area contributed by atoms with Gasteiger partial charge in [0.25, 0.3) is 0 Å². The largest absolute Gasteiger partial charge is 0.480 e. The molecular formula is C43H39N4O6+. The molecule has 8 rings (SSSR count). The molecule has 5 aromatic rings. The predicted octanol–water partition coefficient (Wildman–Crippen LogP) is 5.76. The molecule has 53 heavy (non-hydrogen) atoms. The summed E-state index contributed by atoms with van der Waals surface area (Å²) >= 11 is 0. The van der Waals surface area contributed by atoms with E-state index in [-0.39, 0.29) is 38.8 Å². The van der Waals surface area contributed by atoms with Gasteiger partial charge in [0.1, 0.15) is 32.3 Å². The number of alkyl carbamates (subject to hydrolysis) is 1. The third-order valence-electron chi connectivity index (χ3n) is 10.5. The van der Waals surface area contributed by atoms with Crippen LogP contribution in [0.5, 0.6) is 0 Å². The molecule has 3 heterocycles. The van der Waals surface area contributed by atoms with Crippen LogP contribution in [-0.2, 0) is 26.1 Å². The molecule has 1 aromatic heterocycles. The molecule has 10 heteroatoms. The van der Waals surface area contributed by atoms with Crippen LogP contribution < -0.4 is 14.8 Å². The van der Waals surface area contributed by atoms with E-state index in [0.29, 0.717) is 0 Å². The summed E-state index contributed by atoms with van der Waals surface area (Å²) in [7, 11) is 2.02. The van der Waals surface area contributed by atoms with Crippen LogP contribution in [0.1, 0.15) is 28.2 Å². The molecule has 0 unspecified atom stereocenters. The number of carbonyl (C=O) groups excluding carboxylic acids is 2. The number of benzene rings is 4. The van der Waals surface area contributed by atoms with E-state index in [0.717, 1.165) is 55.5 Å². The van der Waals surface area contributed by atoms with Crippen molar-refractivity contribution in [1.29, 1.82) is 0 Å². The minimum atomic E-state index is -1.16. The van der Waals surface area contributed by atoms with Gasteiger partial charge in [-0.3, -0.25) is 9.59 Å². The maximum absolute atomic E-state index is 14.1. The Balaban J connectivity index is 0.974. The number of carboxylic acid groups (broad SMARTS) is 1. The van der Waals surface area contributed by atoms with Gasteiger partial charge in [-0.1, -0.05) is 78.9 Å². The minimum absolute atomic E-state index is 0.0230. The topological polar surface area (TPSA) is 112 Å². The van der Waals surface area contributed by atoms with Crippen molar-refractivity contribution >= 4 is 46.2 Å². The number of anilines is 1. The van der Waals surface area contributed by atoms with E-state index in [2.05, 4.69) is 58.4 Å². The van der Waals surface area contributed by atoms with E-state index >= 15 is 0 Å². The number of carbonyl (C=O) groups is 3. The van der Waals surface area contributed by atoms with Gasteiger partial charge in [-0.25, -0.2) is 9.36 Å². The third-order valence-corrected chi connectivity index (χ3v) is 10.5. The molecule has 2 aliphatic heterocycles. The first-order chi connectivity index (χ1) is 25.8. The lowest BCUT2D eigenvalue weighted by atomic mass is 9.93. The van der Waals surface area contributed by atoms with Crippen LogP contribution in [-0.4, -0.2) is 73.0 Å².